The van der Waals surface area contributed by atoms with E-state index in [1.165, 1.54) is 12.1 Å². The van der Waals surface area contributed by atoms with Gasteiger partial charge in [0.2, 0.25) is 5.69 Å². The van der Waals surface area contributed by atoms with E-state index < -0.39 is 11.7 Å². The first-order chi connectivity index (χ1) is 13.0. The van der Waals surface area contributed by atoms with Gasteiger partial charge in [0.1, 0.15) is 5.75 Å². The van der Waals surface area contributed by atoms with Crippen molar-refractivity contribution in [2.45, 2.75) is 65.6 Å². The van der Waals surface area contributed by atoms with Crippen LogP contribution >= 0.6 is 0 Å². The molecule has 5 heteroatoms. The highest BCUT2D eigenvalue weighted by atomic mass is 19.4. The molecule has 0 spiro atoms. The number of halogens is 3. The van der Waals surface area contributed by atoms with E-state index in [2.05, 4.69) is 39.8 Å². The molecule has 28 heavy (non-hydrogen) atoms. The summed E-state index contributed by atoms with van der Waals surface area (Å²) in [5.41, 5.74) is 2.21. The van der Waals surface area contributed by atoms with Crippen LogP contribution in [-0.4, -0.2) is 17.0 Å². The molecule has 0 amide bonds. The summed E-state index contributed by atoms with van der Waals surface area (Å²) in [7, 11) is 0. The summed E-state index contributed by atoms with van der Waals surface area (Å²) in [4.78, 5) is 0. The summed E-state index contributed by atoms with van der Waals surface area (Å²) in [6, 6.07) is 11.3. The van der Waals surface area contributed by atoms with Crippen molar-refractivity contribution >= 4 is 12.1 Å². The molecule has 0 fully saturated rings. The molecule has 0 aromatic heterocycles. The third kappa shape index (κ3) is 5.15. The Bertz CT molecular complexity index is 792. The molecule has 0 N–H and O–H groups in total. The van der Waals surface area contributed by atoms with Crippen LogP contribution in [0.1, 0.15) is 70.1 Å². The lowest BCUT2D eigenvalue weighted by molar-refractivity contribution is -0.477. The summed E-state index contributed by atoms with van der Waals surface area (Å²) in [5, 5.41) is 0. The SMILES string of the molecule is CC(C)c1cccc(C(C)C)c1OC=[N+](c1ccc(C(F)(F)F)cc1)C(C)C. The van der Waals surface area contributed by atoms with Gasteiger partial charge in [0, 0.05) is 12.1 Å². The highest BCUT2D eigenvalue weighted by Crippen LogP contribution is 2.34. The molecule has 2 aromatic carbocycles. The van der Waals surface area contributed by atoms with E-state index in [0.717, 1.165) is 29.0 Å². The highest BCUT2D eigenvalue weighted by Gasteiger charge is 2.30. The summed E-state index contributed by atoms with van der Waals surface area (Å²) in [5.74, 6) is 1.41. The Morgan fingerprint density at radius 1 is 0.821 bits per heavy atom. The minimum absolute atomic E-state index is 0.0189. The van der Waals surface area contributed by atoms with E-state index in [1.807, 2.05) is 24.5 Å². The Balaban J connectivity index is 2.44. The minimum atomic E-state index is -4.34. The second-order valence-corrected chi connectivity index (χ2v) is 7.84. The monoisotopic (exact) mass is 392 g/mol. The fraction of sp³-hybridized carbons (Fsp3) is 0.435. The van der Waals surface area contributed by atoms with Gasteiger partial charge in [-0.05, 0) is 48.9 Å². The van der Waals surface area contributed by atoms with Crippen molar-refractivity contribution in [2.75, 3.05) is 0 Å². The summed E-state index contributed by atoms with van der Waals surface area (Å²) in [6.07, 6.45) is -2.73. The molecule has 0 unspecified atom stereocenters. The molecule has 0 heterocycles. The topological polar surface area (TPSA) is 12.2 Å². The lowest BCUT2D eigenvalue weighted by atomic mass is 9.94. The molecule has 2 nitrogen and oxygen atoms in total. The molecule has 0 bridgehead atoms. The molecular weight excluding hydrogens is 363 g/mol. The molecule has 0 atom stereocenters. The van der Waals surface area contributed by atoms with E-state index in [0.29, 0.717) is 17.5 Å². The van der Waals surface area contributed by atoms with Crippen molar-refractivity contribution < 1.29 is 22.5 Å². The van der Waals surface area contributed by atoms with Crippen LogP contribution in [0, 0.1) is 0 Å². The molecule has 0 aliphatic heterocycles. The predicted octanol–water partition coefficient (Wildman–Crippen LogP) is 7.11. The van der Waals surface area contributed by atoms with Crippen LogP contribution in [0.25, 0.3) is 0 Å². The molecule has 0 saturated heterocycles. The van der Waals surface area contributed by atoms with Gasteiger partial charge < -0.3 is 4.74 Å². The molecule has 152 valence electrons. The zero-order valence-corrected chi connectivity index (χ0v) is 17.3. The summed E-state index contributed by atoms with van der Waals surface area (Å²) >= 11 is 0. The van der Waals surface area contributed by atoms with E-state index in [1.54, 1.807) is 6.40 Å². The van der Waals surface area contributed by atoms with E-state index >= 15 is 0 Å². The Labute approximate surface area is 165 Å². The predicted molar refractivity (Wildman–Crippen MR) is 108 cm³/mol. The lowest BCUT2D eigenvalue weighted by Crippen LogP contribution is -2.20. The maximum Gasteiger partial charge on any atom is 0.416 e. The van der Waals surface area contributed by atoms with Crippen LogP contribution in [0.4, 0.5) is 18.9 Å². The number of hydrogen-bond donors (Lipinski definition) is 0. The van der Waals surface area contributed by atoms with Crippen LogP contribution in [-0.2, 0) is 6.18 Å². The molecular formula is C23H29F3NO+. The first kappa shape index (κ1) is 22.0. The number of rotatable bonds is 6. The second kappa shape index (κ2) is 8.80. The van der Waals surface area contributed by atoms with Gasteiger partial charge in [-0.1, -0.05) is 45.9 Å². The second-order valence-electron chi connectivity index (χ2n) is 7.84. The molecule has 2 aromatic rings. The number of ether oxygens (including phenoxy) is 1. The molecule has 0 aliphatic carbocycles. The smallest absolute Gasteiger partial charge is 0.410 e. The third-order valence-electron chi connectivity index (χ3n) is 4.65. The molecule has 0 aliphatic rings. The maximum atomic E-state index is 12.8. The number of para-hydroxylation sites is 1. The van der Waals surface area contributed by atoms with Crippen molar-refractivity contribution in [3.05, 3.63) is 59.2 Å². The standard InChI is InChI=1S/C23H29F3NO/c1-15(2)20-8-7-9-21(16(3)4)22(20)28-14-27(17(5)6)19-12-10-18(11-13-19)23(24,25)26/h7-17H,1-6H3/q+1. The van der Waals surface area contributed by atoms with Crippen molar-refractivity contribution in [3.63, 3.8) is 0 Å². The van der Waals surface area contributed by atoms with Crippen molar-refractivity contribution in [1.82, 2.24) is 0 Å². The van der Waals surface area contributed by atoms with Gasteiger partial charge in [0.05, 0.1) is 5.56 Å². The van der Waals surface area contributed by atoms with Crippen LogP contribution in [0.3, 0.4) is 0 Å². The van der Waals surface area contributed by atoms with Crippen LogP contribution in [0.5, 0.6) is 5.75 Å². The Kier molecular flexibility index (Phi) is 6.91. The lowest BCUT2D eigenvalue weighted by Gasteiger charge is -2.17. The first-order valence-electron chi connectivity index (χ1n) is 9.60. The average Bonchev–Trinajstić information content (AvgIpc) is 2.60. The summed E-state index contributed by atoms with van der Waals surface area (Å²) < 4.78 is 46.5. The number of hydrogen-bond acceptors (Lipinski definition) is 1. The van der Waals surface area contributed by atoms with Gasteiger partial charge in [-0.2, -0.15) is 17.7 Å². The number of alkyl halides is 3. The average molecular weight is 392 g/mol. The largest absolute Gasteiger partial charge is 0.416 e. The molecule has 0 radical (unpaired) electrons. The van der Waals surface area contributed by atoms with Crippen molar-refractivity contribution in [3.8, 4) is 5.75 Å². The molecule has 0 saturated carbocycles. The van der Waals surface area contributed by atoms with Gasteiger partial charge in [-0.3, -0.25) is 0 Å². The van der Waals surface area contributed by atoms with Crippen molar-refractivity contribution in [2.24, 2.45) is 0 Å². The number of nitrogens with zero attached hydrogens (tertiary/aromatic N) is 1. The van der Waals surface area contributed by atoms with Crippen molar-refractivity contribution in [1.29, 1.82) is 0 Å². The van der Waals surface area contributed by atoms with Gasteiger partial charge in [-0.25, -0.2) is 0 Å². The Morgan fingerprint density at radius 2 is 1.32 bits per heavy atom. The van der Waals surface area contributed by atoms with Gasteiger partial charge >= 0.3 is 12.6 Å². The highest BCUT2D eigenvalue weighted by molar-refractivity contribution is 5.55. The fourth-order valence-electron chi connectivity index (χ4n) is 3.03. The number of benzene rings is 2. The normalized spacial score (nSPS) is 12.9. The zero-order chi connectivity index (χ0) is 21.1. The Hall–Kier alpha value is -2.30. The van der Waals surface area contributed by atoms with Gasteiger partial charge in [-0.15, -0.1) is 0 Å². The summed E-state index contributed by atoms with van der Waals surface area (Å²) in [6.45, 7) is 12.4. The van der Waals surface area contributed by atoms with Gasteiger partial charge in [0.15, 0.2) is 6.04 Å². The third-order valence-corrected chi connectivity index (χ3v) is 4.65. The van der Waals surface area contributed by atoms with Crippen LogP contribution in [0.2, 0.25) is 0 Å². The van der Waals surface area contributed by atoms with E-state index in [4.69, 9.17) is 4.74 Å². The Morgan fingerprint density at radius 3 is 1.71 bits per heavy atom. The van der Waals surface area contributed by atoms with E-state index in [-0.39, 0.29) is 6.04 Å². The quantitative estimate of drug-likeness (QED) is 0.290. The first-order valence-corrected chi connectivity index (χ1v) is 9.60. The maximum absolute atomic E-state index is 12.8. The van der Waals surface area contributed by atoms with Gasteiger partial charge in [0.25, 0.3) is 0 Å². The molecule has 2 rings (SSSR count). The zero-order valence-electron chi connectivity index (χ0n) is 17.3. The van der Waals surface area contributed by atoms with Crippen LogP contribution < -0.4 is 4.74 Å². The van der Waals surface area contributed by atoms with E-state index in [9.17, 15) is 13.2 Å². The fourth-order valence-corrected chi connectivity index (χ4v) is 3.03. The van der Waals surface area contributed by atoms with Crippen LogP contribution in [0.15, 0.2) is 42.5 Å². The minimum Gasteiger partial charge on any atom is -0.410 e.